The summed E-state index contributed by atoms with van der Waals surface area (Å²) in [6, 6.07) is 8.96. The molecule has 0 aromatic heterocycles. The van der Waals surface area contributed by atoms with Crippen LogP contribution in [-0.4, -0.2) is 12.5 Å². The molecule has 1 aliphatic rings. The first-order valence-corrected chi connectivity index (χ1v) is 6.72. The van der Waals surface area contributed by atoms with Gasteiger partial charge < -0.3 is 10.6 Å². The van der Waals surface area contributed by atoms with E-state index in [1.165, 1.54) is 17.0 Å². The summed E-state index contributed by atoms with van der Waals surface area (Å²) in [5.41, 5.74) is 7.70. The van der Waals surface area contributed by atoms with Crippen LogP contribution in [0.25, 0.3) is 0 Å². The fourth-order valence-corrected chi connectivity index (χ4v) is 2.62. The second-order valence-electron chi connectivity index (χ2n) is 5.05. The lowest BCUT2D eigenvalue weighted by molar-refractivity contribution is 0.0980. The fourth-order valence-electron chi connectivity index (χ4n) is 2.62. The van der Waals surface area contributed by atoms with Gasteiger partial charge in [0.1, 0.15) is 0 Å². The van der Waals surface area contributed by atoms with Gasteiger partial charge in [-0.05, 0) is 42.7 Å². The van der Waals surface area contributed by atoms with Crippen LogP contribution in [0.5, 0.6) is 0 Å². The standard InChI is InChI=1S/C16H14F2N2O/c17-13-5-1-4-12(15(13)18)16(21)20-8-2-3-10-6-7-11(19)9-14(10)20/h1,4-7,9H,2-3,8,19H2. The topological polar surface area (TPSA) is 46.3 Å². The Kier molecular flexibility index (Phi) is 3.33. The Balaban J connectivity index is 2.04. The van der Waals surface area contributed by atoms with Crippen LogP contribution in [0.2, 0.25) is 0 Å². The summed E-state index contributed by atoms with van der Waals surface area (Å²) in [6.45, 7) is 0.464. The maximum atomic E-state index is 13.8. The van der Waals surface area contributed by atoms with Crippen LogP contribution < -0.4 is 10.6 Å². The minimum absolute atomic E-state index is 0.259. The van der Waals surface area contributed by atoms with E-state index in [2.05, 4.69) is 0 Å². The molecule has 21 heavy (non-hydrogen) atoms. The highest BCUT2D eigenvalue weighted by Gasteiger charge is 2.26. The van der Waals surface area contributed by atoms with Gasteiger partial charge in [0.2, 0.25) is 0 Å². The number of rotatable bonds is 1. The van der Waals surface area contributed by atoms with Crippen LogP contribution >= 0.6 is 0 Å². The third-order valence-corrected chi connectivity index (χ3v) is 3.66. The first-order chi connectivity index (χ1) is 10.1. The van der Waals surface area contributed by atoms with Crippen molar-refractivity contribution in [1.29, 1.82) is 0 Å². The Labute approximate surface area is 121 Å². The van der Waals surface area contributed by atoms with Gasteiger partial charge in [-0.15, -0.1) is 0 Å². The number of hydrogen-bond acceptors (Lipinski definition) is 2. The van der Waals surface area contributed by atoms with E-state index in [-0.39, 0.29) is 5.56 Å². The molecule has 2 aromatic rings. The Bertz CT molecular complexity index is 715. The van der Waals surface area contributed by atoms with Crippen LogP contribution in [0.3, 0.4) is 0 Å². The molecule has 2 aromatic carbocycles. The molecule has 0 aliphatic carbocycles. The van der Waals surface area contributed by atoms with Crippen LogP contribution in [0, 0.1) is 11.6 Å². The SMILES string of the molecule is Nc1ccc2c(c1)N(C(=O)c1cccc(F)c1F)CCC2. The van der Waals surface area contributed by atoms with Gasteiger partial charge >= 0.3 is 0 Å². The number of aryl methyl sites for hydroxylation is 1. The summed E-state index contributed by atoms with van der Waals surface area (Å²) < 4.78 is 27.1. The first-order valence-electron chi connectivity index (χ1n) is 6.72. The molecule has 0 radical (unpaired) electrons. The normalized spacial score (nSPS) is 13.9. The predicted octanol–water partition coefficient (Wildman–Crippen LogP) is 3.14. The van der Waals surface area contributed by atoms with Crippen molar-refractivity contribution in [3.05, 3.63) is 59.2 Å². The maximum Gasteiger partial charge on any atom is 0.261 e. The van der Waals surface area contributed by atoms with Crippen molar-refractivity contribution >= 4 is 17.3 Å². The van der Waals surface area contributed by atoms with E-state index in [9.17, 15) is 13.6 Å². The summed E-state index contributed by atoms with van der Waals surface area (Å²) in [5, 5.41) is 0. The zero-order chi connectivity index (χ0) is 15.0. The molecular weight excluding hydrogens is 274 g/mol. The van der Waals surface area contributed by atoms with E-state index < -0.39 is 17.5 Å². The number of amides is 1. The van der Waals surface area contributed by atoms with Crippen molar-refractivity contribution in [2.24, 2.45) is 0 Å². The molecule has 0 bridgehead atoms. The van der Waals surface area contributed by atoms with E-state index >= 15 is 0 Å². The third-order valence-electron chi connectivity index (χ3n) is 3.66. The van der Waals surface area contributed by atoms with Crippen molar-refractivity contribution in [3.8, 4) is 0 Å². The van der Waals surface area contributed by atoms with Gasteiger partial charge in [0.25, 0.3) is 5.91 Å². The summed E-state index contributed by atoms with van der Waals surface area (Å²) in [7, 11) is 0. The highest BCUT2D eigenvalue weighted by molar-refractivity contribution is 6.07. The second kappa shape index (κ2) is 5.16. The Morgan fingerprint density at radius 1 is 1.19 bits per heavy atom. The number of benzene rings is 2. The van der Waals surface area contributed by atoms with Crippen molar-refractivity contribution in [2.45, 2.75) is 12.8 Å². The molecule has 1 amide bonds. The second-order valence-corrected chi connectivity index (χ2v) is 5.05. The van der Waals surface area contributed by atoms with Crippen LogP contribution in [-0.2, 0) is 6.42 Å². The van der Waals surface area contributed by atoms with E-state index in [1.807, 2.05) is 6.07 Å². The number of fused-ring (bicyclic) bond motifs is 1. The molecular formula is C16H14F2N2O. The molecule has 0 spiro atoms. The van der Waals surface area contributed by atoms with Crippen LogP contribution in [0.1, 0.15) is 22.3 Å². The molecule has 108 valence electrons. The quantitative estimate of drug-likeness (QED) is 0.819. The first kappa shape index (κ1) is 13.5. The van der Waals surface area contributed by atoms with Gasteiger partial charge in [-0.1, -0.05) is 12.1 Å². The number of carbonyl (C=O) groups is 1. The van der Waals surface area contributed by atoms with Crippen molar-refractivity contribution < 1.29 is 13.6 Å². The van der Waals surface area contributed by atoms with E-state index in [0.717, 1.165) is 24.5 Å². The smallest absolute Gasteiger partial charge is 0.261 e. The number of carbonyl (C=O) groups excluding carboxylic acids is 1. The molecule has 0 atom stereocenters. The lowest BCUT2D eigenvalue weighted by Crippen LogP contribution is -2.36. The largest absolute Gasteiger partial charge is 0.399 e. The monoisotopic (exact) mass is 288 g/mol. The number of anilines is 2. The average molecular weight is 288 g/mol. The highest BCUT2D eigenvalue weighted by atomic mass is 19.2. The van der Waals surface area contributed by atoms with Crippen molar-refractivity contribution in [2.75, 3.05) is 17.2 Å². The molecule has 1 heterocycles. The molecule has 0 fully saturated rings. The number of nitrogens with two attached hydrogens (primary N) is 1. The number of halogens is 2. The van der Waals surface area contributed by atoms with Gasteiger partial charge in [0.05, 0.1) is 5.56 Å². The lowest BCUT2D eigenvalue weighted by atomic mass is 10.00. The summed E-state index contributed by atoms with van der Waals surface area (Å²) >= 11 is 0. The van der Waals surface area contributed by atoms with Crippen LogP contribution in [0.4, 0.5) is 20.2 Å². The van der Waals surface area contributed by atoms with E-state index in [4.69, 9.17) is 5.73 Å². The number of nitrogens with zero attached hydrogens (tertiary/aromatic N) is 1. The Morgan fingerprint density at radius 2 is 2.00 bits per heavy atom. The molecule has 3 rings (SSSR count). The van der Waals surface area contributed by atoms with Gasteiger partial charge in [-0.3, -0.25) is 4.79 Å². The number of nitrogen functional groups attached to an aromatic ring is 1. The van der Waals surface area contributed by atoms with Crippen LogP contribution in [0.15, 0.2) is 36.4 Å². The molecule has 5 heteroatoms. The fraction of sp³-hybridized carbons (Fsp3) is 0.188. The third kappa shape index (κ3) is 2.35. The van der Waals surface area contributed by atoms with E-state index in [0.29, 0.717) is 17.9 Å². The minimum atomic E-state index is -1.11. The maximum absolute atomic E-state index is 13.8. The summed E-state index contributed by atoms with van der Waals surface area (Å²) in [6.07, 6.45) is 1.62. The van der Waals surface area contributed by atoms with Gasteiger partial charge in [0, 0.05) is 17.9 Å². The number of hydrogen-bond donors (Lipinski definition) is 1. The summed E-state index contributed by atoms with van der Waals surface area (Å²) in [4.78, 5) is 14.0. The molecule has 2 N–H and O–H groups in total. The highest BCUT2D eigenvalue weighted by Crippen LogP contribution is 2.30. The summed E-state index contributed by atoms with van der Waals surface area (Å²) in [5.74, 6) is -2.68. The van der Waals surface area contributed by atoms with E-state index in [1.54, 1.807) is 12.1 Å². The average Bonchev–Trinajstić information content (AvgIpc) is 2.48. The molecule has 0 unspecified atom stereocenters. The van der Waals surface area contributed by atoms with Crippen molar-refractivity contribution in [1.82, 2.24) is 0 Å². The molecule has 0 saturated heterocycles. The predicted molar refractivity (Wildman–Crippen MR) is 77.2 cm³/mol. The molecule has 0 saturated carbocycles. The minimum Gasteiger partial charge on any atom is -0.399 e. The van der Waals surface area contributed by atoms with Gasteiger partial charge in [0.15, 0.2) is 11.6 Å². The van der Waals surface area contributed by atoms with Gasteiger partial charge in [-0.25, -0.2) is 8.78 Å². The van der Waals surface area contributed by atoms with Crippen molar-refractivity contribution in [3.63, 3.8) is 0 Å². The zero-order valence-corrected chi connectivity index (χ0v) is 11.3. The lowest BCUT2D eigenvalue weighted by Gasteiger charge is -2.30. The Morgan fingerprint density at radius 3 is 2.81 bits per heavy atom. The zero-order valence-electron chi connectivity index (χ0n) is 11.3. The molecule has 1 aliphatic heterocycles. The molecule has 3 nitrogen and oxygen atoms in total. The Hall–Kier alpha value is -2.43. The van der Waals surface area contributed by atoms with Gasteiger partial charge in [-0.2, -0.15) is 0 Å².